The Morgan fingerprint density at radius 2 is 1.79 bits per heavy atom. The number of nitrogens with one attached hydrogen (secondary N) is 2. The molecule has 0 spiro atoms. The summed E-state index contributed by atoms with van der Waals surface area (Å²) in [6.07, 6.45) is 0.443. The van der Waals surface area contributed by atoms with Crippen molar-refractivity contribution in [2.24, 2.45) is 10.1 Å². The van der Waals surface area contributed by atoms with Crippen LogP contribution < -0.4 is 10.8 Å². The summed E-state index contributed by atoms with van der Waals surface area (Å²) in [5.74, 6) is 0.122. The maximum Gasteiger partial charge on any atom is 0.184 e. The van der Waals surface area contributed by atoms with Gasteiger partial charge in [0.15, 0.2) is 17.8 Å². The number of rotatable bonds is 9. The maximum absolute atomic E-state index is 9.34. The third kappa shape index (κ3) is 6.10. The van der Waals surface area contributed by atoms with Crippen molar-refractivity contribution in [1.29, 1.82) is 0 Å². The number of hydroxylamine groups is 1. The van der Waals surface area contributed by atoms with E-state index in [1.165, 1.54) is 0 Å². The van der Waals surface area contributed by atoms with Crippen molar-refractivity contribution >= 4 is 11.5 Å². The highest BCUT2D eigenvalue weighted by Gasteiger charge is 2.26. The van der Waals surface area contributed by atoms with Crippen LogP contribution in [0.25, 0.3) is 0 Å². The van der Waals surface area contributed by atoms with Gasteiger partial charge in [-0.05, 0) is 13.0 Å². The number of oxime groups is 1. The monoisotopic (exact) mass is 398 g/mol. The van der Waals surface area contributed by atoms with E-state index < -0.39 is 0 Å². The summed E-state index contributed by atoms with van der Waals surface area (Å²) in [5.41, 5.74) is 3.87. The van der Waals surface area contributed by atoms with Crippen LogP contribution in [-0.4, -0.2) is 54.3 Å². The van der Waals surface area contributed by atoms with Gasteiger partial charge in [0.1, 0.15) is 0 Å². The van der Waals surface area contributed by atoms with Crippen LogP contribution in [0.5, 0.6) is 0 Å². The van der Waals surface area contributed by atoms with E-state index in [2.05, 4.69) is 15.5 Å². The van der Waals surface area contributed by atoms with E-state index in [0.717, 1.165) is 18.5 Å². The summed E-state index contributed by atoms with van der Waals surface area (Å²) in [6.45, 7) is 2.42. The van der Waals surface area contributed by atoms with Crippen LogP contribution in [0.2, 0.25) is 0 Å². The van der Waals surface area contributed by atoms with Crippen LogP contribution in [0.3, 0.4) is 0 Å². The van der Waals surface area contributed by atoms with E-state index >= 15 is 0 Å². The van der Waals surface area contributed by atoms with E-state index in [1.807, 2.05) is 54.0 Å². The fourth-order valence-electron chi connectivity index (χ4n) is 3.00. The molecule has 1 fully saturated rings. The molecular formula is C21H26N4O4. The first-order valence-corrected chi connectivity index (χ1v) is 9.57. The molecule has 1 heterocycles. The van der Waals surface area contributed by atoms with Crippen molar-refractivity contribution in [2.75, 3.05) is 26.2 Å². The van der Waals surface area contributed by atoms with Gasteiger partial charge in [0.2, 0.25) is 0 Å². The zero-order valence-electron chi connectivity index (χ0n) is 16.1. The molecule has 0 radical (unpaired) electrons. The van der Waals surface area contributed by atoms with Crippen molar-refractivity contribution in [3.63, 3.8) is 0 Å². The molecule has 0 aliphatic carbocycles. The minimum Gasteiger partial charge on any atom is -0.410 e. The van der Waals surface area contributed by atoms with E-state index in [9.17, 15) is 10.4 Å². The number of hydrogen-bond donors (Lipinski definition) is 4. The molecule has 8 heteroatoms. The molecule has 2 aromatic carbocycles. The van der Waals surface area contributed by atoms with Gasteiger partial charge in [0, 0.05) is 24.2 Å². The fourth-order valence-corrected chi connectivity index (χ4v) is 3.00. The second kappa shape index (κ2) is 11.3. The lowest BCUT2D eigenvalue weighted by molar-refractivity contribution is -0.0595. The van der Waals surface area contributed by atoms with Crippen LogP contribution in [0.15, 0.2) is 70.8 Å². The molecule has 2 aromatic rings. The summed E-state index contributed by atoms with van der Waals surface area (Å²) in [5, 5.41) is 25.2. The molecule has 0 saturated carbocycles. The van der Waals surface area contributed by atoms with Gasteiger partial charge in [-0.15, -0.1) is 0 Å². The topological polar surface area (TPSA) is 108 Å². The average Bonchev–Trinajstić information content (AvgIpc) is 3.25. The van der Waals surface area contributed by atoms with Gasteiger partial charge in [0.25, 0.3) is 0 Å². The number of amidine groups is 1. The van der Waals surface area contributed by atoms with Gasteiger partial charge >= 0.3 is 0 Å². The Kier molecular flexibility index (Phi) is 8.14. The first kappa shape index (κ1) is 20.9. The minimum absolute atomic E-state index is 0.00424. The fraction of sp³-hybridized carbons (Fsp3) is 0.333. The molecule has 154 valence electrons. The smallest absolute Gasteiger partial charge is 0.184 e. The third-order valence-electron chi connectivity index (χ3n) is 4.45. The molecule has 8 nitrogen and oxygen atoms in total. The quantitative estimate of drug-likeness (QED) is 0.170. The normalized spacial score (nSPS) is 20.0. The summed E-state index contributed by atoms with van der Waals surface area (Å²) in [7, 11) is 0. The maximum atomic E-state index is 9.34. The van der Waals surface area contributed by atoms with Crippen LogP contribution >= 0.6 is 0 Å². The van der Waals surface area contributed by atoms with Crippen molar-refractivity contribution in [2.45, 2.75) is 18.8 Å². The number of ether oxygens (including phenoxy) is 2. The van der Waals surface area contributed by atoms with Crippen LogP contribution in [-0.2, 0) is 9.47 Å². The van der Waals surface area contributed by atoms with Crippen molar-refractivity contribution in [3.8, 4) is 0 Å². The summed E-state index contributed by atoms with van der Waals surface area (Å²) in [4.78, 5) is 4.28. The van der Waals surface area contributed by atoms with Gasteiger partial charge in [-0.1, -0.05) is 65.8 Å². The molecule has 29 heavy (non-hydrogen) atoms. The summed E-state index contributed by atoms with van der Waals surface area (Å²) in [6, 6.07) is 18.9. The Morgan fingerprint density at radius 3 is 2.48 bits per heavy atom. The minimum atomic E-state index is -0.306. The zero-order valence-corrected chi connectivity index (χ0v) is 16.1. The van der Waals surface area contributed by atoms with Gasteiger partial charge < -0.3 is 20.0 Å². The second-order valence-electron chi connectivity index (χ2n) is 6.55. The molecule has 1 aliphatic heterocycles. The van der Waals surface area contributed by atoms with E-state index in [0.29, 0.717) is 25.3 Å². The lowest BCUT2D eigenvalue weighted by Gasteiger charge is -2.12. The Hall–Kier alpha value is -2.78. The molecule has 0 aromatic heterocycles. The van der Waals surface area contributed by atoms with E-state index in [4.69, 9.17) is 9.47 Å². The highest BCUT2D eigenvalue weighted by molar-refractivity contribution is 6.47. The van der Waals surface area contributed by atoms with Crippen LogP contribution in [0.4, 0.5) is 0 Å². The number of hydrogen-bond acceptors (Lipinski definition) is 7. The standard InChI is InChI=1S/C21H26N4O4/c26-24-19(16-8-3-1-4-9-16)20(25-27)23-13-7-12-22-14-18-15-28-21(29-18)17-10-5-2-6-11-17/h1-6,8-11,18,21-22,26-27H,7,12-15H2,(H,23,25)/b24-19+. The Balaban J connectivity index is 1.38. The SMILES string of the molecule is O/N=C(/C(=NCCCNCC1COC(c2ccccc2)O1)NO)c1ccccc1. The number of benzene rings is 2. The number of nitrogens with zero attached hydrogens (tertiary/aromatic N) is 2. The zero-order chi connectivity index (χ0) is 20.3. The molecule has 2 unspecified atom stereocenters. The Labute approximate surface area is 169 Å². The van der Waals surface area contributed by atoms with Gasteiger partial charge in [-0.25, -0.2) is 0 Å². The lowest BCUT2D eigenvalue weighted by Crippen LogP contribution is -2.31. The Morgan fingerprint density at radius 1 is 1.07 bits per heavy atom. The van der Waals surface area contributed by atoms with Crippen LogP contribution in [0, 0.1) is 0 Å². The summed E-state index contributed by atoms with van der Waals surface area (Å²) < 4.78 is 11.6. The average molecular weight is 398 g/mol. The molecule has 1 aliphatic rings. The molecule has 4 N–H and O–H groups in total. The van der Waals surface area contributed by atoms with Gasteiger partial charge in [-0.3, -0.25) is 15.7 Å². The highest BCUT2D eigenvalue weighted by atomic mass is 16.7. The molecule has 2 atom stereocenters. The molecule has 3 rings (SSSR count). The third-order valence-corrected chi connectivity index (χ3v) is 4.45. The first-order valence-electron chi connectivity index (χ1n) is 9.57. The second-order valence-corrected chi connectivity index (χ2v) is 6.55. The van der Waals surface area contributed by atoms with Gasteiger partial charge in [0.05, 0.1) is 12.7 Å². The molecular weight excluding hydrogens is 372 g/mol. The van der Waals surface area contributed by atoms with Crippen molar-refractivity contribution in [3.05, 3.63) is 71.8 Å². The first-order chi connectivity index (χ1) is 14.3. The predicted molar refractivity (Wildman–Crippen MR) is 109 cm³/mol. The highest BCUT2D eigenvalue weighted by Crippen LogP contribution is 2.26. The predicted octanol–water partition coefficient (Wildman–Crippen LogP) is 2.34. The Bertz CT molecular complexity index is 799. The van der Waals surface area contributed by atoms with E-state index in [-0.39, 0.29) is 23.9 Å². The van der Waals surface area contributed by atoms with Crippen molar-refractivity contribution in [1.82, 2.24) is 10.8 Å². The summed E-state index contributed by atoms with van der Waals surface area (Å²) >= 11 is 0. The number of aliphatic imine (C=N–C) groups is 1. The van der Waals surface area contributed by atoms with E-state index in [1.54, 1.807) is 12.1 Å². The lowest BCUT2D eigenvalue weighted by atomic mass is 10.1. The van der Waals surface area contributed by atoms with Crippen molar-refractivity contribution < 1.29 is 19.9 Å². The molecule has 1 saturated heterocycles. The molecule has 0 bridgehead atoms. The van der Waals surface area contributed by atoms with Crippen LogP contribution in [0.1, 0.15) is 23.8 Å². The molecule has 0 amide bonds. The largest absolute Gasteiger partial charge is 0.410 e. The van der Waals surface area contributed by atoms with Gasteiger partial charge in [-0.2, -0.15) is 0 Å².